The number of aromatic nitrogens is 2. The summed E-state index contributed by atoms with van der Waals surface area (Å²) in [6, 6.07) is 9.73. The van der Waals surface area contributed by atoms with E-state index < -0.39 is 6.61 Å². The second-order valence-electron chi connectivity index (χ2n) is 7.26. The van der Waals surface area contributed by atoms with Crippen molar-refractivity contribution in [3.05, 3.63) is 58.9 Å². The Morgan fingerprint density at radius 3 is 2.90 bits per heavy atom. The van der Waals surface area contributed by atoms with Gasteiger partial charge < -0.3 is 14.2 Å². The van der Waals surface area contributed by atoms with E-state index in [1.807, 2.05) is 22.8 Å². The van der Waals surface area contributed by atoms with Crippen LogP contribution in [0.4, 0.5) is 8.78 Å². The second-order valence-corrected chi connectivity index (χ2v) is 7.53. The van der Waals surface area contributed by atoms with Gasteiger partial charge in [0.25, 0.3) is 5.91 Å². The van der Waals surface area contributed by atoms with Gasteiger partial charge in [-0.2, -0.15) is 8.78 Å². The Morgan fingerprint density at radius 1 is 1.30 bits per heavy atom. The number of hydrogen-bond acceptors (Lipinski definition) is 3. The number of rotatable bonds is 2. The zero-order valence-corrected chi connectivity index (χ0v) is 16.7. The lowest BCUT2D eigenvalue weighted by atomic mass is 9.97. The molecule has 1 aromatic heterocycles. The lowest BCUT2D eigenvalue weighted by Gasteiger charge is -2.24. The number of fused-ring (bicyclic) bond motifs is 9. The van der Waals surface area contributed by atoms with Crippen molar-refractivity contribution in [2.24, 2.45) is 0 Å². The molecule has 2 aliphatic rings. The third-order valence-electron chi connectivity index (χ3n) is 5.71. The van der Waals surface area contributed by atoms with Crippen LogP contribution < -0.4 is 4.74 Å². The third kappa shape index (κ3) is 2.75. The van der Waals surface area contributed by atoms with Gasteiger partial charge in [-0.05, 0) is 30.3 Å². The Morgan fingerprint density at radius 2 is 2.13 bits per heavy atom. The van der Waals surface area contributed by atoms with E-state index in [0.29, 0.717) is 17.5 Å². The number of carbonyl (C=O) groups excluding carboxylic acids is 1. The molecule has 5 rings (SSSR count). The number of carbonyl (C=O) groups is 1. The number of amides is 1. The molecule has 2 bridgehead atoms. The van der Waals surface area contributed by atoms with Gasteiger partial charge >= 0.3 is 6.61 Å². The Labute approximate surface area is 176 Å². The molecule has 0 N–H and O–H groups in total. The maximum absolute atomic E-state index is 13.1. The van der Waals surface area contributed by atoms with Crippen molar-refractivity contribution in [3.8, 4) is 17.6 Å². The van der Waals surface area contributed by atoms with Crippen LogP contribution in [0, 0.1) is 11.8 Å². The average Bonchev–Trinajstić information content (AvgIpc) is 3.24. The van der Waals surface area contributed by atoms with E-state index in [1.54, 1.807) is 24.1 Å². The molecule has 8 heteroatoms. The monoisotopic (exact) mass is 427 g/mol. The highest BCUT2D eigenvalue weighted by molar-refractivity contribution is 6.19. The van der Waals surface area contributed by atoms with Gasteiger partial charge in [-0.3, -0.25) is 4.79 Å². The summed E-state index contributed by atoms with van der Waals surface area (Å²) in [5.74, 6) is 6.57. The van der Waals surface area contributed by atoms with Crippen LogP contribution in [0.5, 0.6) is 5.75 Å². The van der Waals surface area contributed by atoms with E-state index in [1.165, 1.54) is 6.07 Å². The number of imidazole rings is 1. The molecular formula is C22H16ClF2N3O2. The van der Waals surface area contributed by atoms with Gasteiger partial charge in [0, 0.05) is 30.2 Å². The summed E-state index contributed by atoms with van der Waals surface area (Å²) in [6.07, 6.45) is 0.536. The minimum Gasteiger partial charge on any atom is -0.434 e. The molecule has 0 radical (unpaired) electrons. The molecule has 0 saturated carbocycles. The summed E-state index contributed by atoms with van der Waals surface area (Å²) in [5, 5.41) is 0. The van der Waals surface area contributed by atoms with Gasteiger partial charge in [0.2, 0.25) is 0 Å². The number of hydrogen-bond donors (Lipinski definition) is 0. The predicted octanol–water partition coefficient (Wildman–Crippen LogP) is 4.35. The van der Waals surface area contributed by atoms with E-state index in [-0.39, 0.29) is 29.6 Å². The molecule has 0 spiro atoms. The first-order valence-electron chi connectivity index (χ1n) is 9.41. The highest BCUT2D eigenvalue weighted by Gasteiger charge is 2.44. The Hall–Kier alpha value is -3.11. The molecule has 5 nitrogen and oxygen atoms in total. The quantitative estimate of drug-likeness (QED) is 0.451. The van der Waals surface area contributed by atoms with Crippen molar-refractivity contribution in [2.75, 3.05) is 12.9 Å². The number of benzene rings is 2. The van der Waals surface area contributed by atoms with E-state index in [0.717, 1.165) is 22.4 Å². The zero-order valence-electron chi connectivity index (χ0n) is 15.9. The standard InChI is InChI=1S/C22H16ClF2N3O2/c1-27-17-11-16(19-13(21(27)29)5-2-6-18(19)30-22(24)25)28-15-10-12(4-3-9-23)7-8-14(15)26-20(17)28/h2,5-8,10,16-17,22H,9,11H2,1H3/t16-,17?/m1/s1. The van der Waals surface area contributed by atoms with E-state index in [9.17, 15) is 13.6 Å². The van der Waals surface area contributed by atoms with Crippen LogP contribution in [0.15, 0.2) is 36.4 Å². The van der Waals surface area contributed by atoms with E-state index in [2.05, 4.69) is 11.8 Å². The maximum atomic E-state index is 13.1. The zero-order chi connectivity index (χ0) is 21.0. The molecule has 152 valence electrons. The van der Waals surface area contributed by atoms with Crippen molar-refractivity contribution < 1.29 is 18.3 Å². The number of ether oxygens (including phenoxy) is 1. The van der Waals surface area contributed by atoms with Crippen LogP contribution in [-0.4, -0.2) is 39.9 Å². The summed E-state index contributed by atoms with van der Waals surface area (Å²) in [5.41, 5.74) is 3.21. The number of alkyl halides is 3. The van der Waals surface area contributed by atoms with Crippen LogP contribution >= 0.6 is 11.6 Å². The van der Waals surface area contributed by atoms with Crippen LogP contribution in [-0.2, 0) is 0 Å². The first-order valence-corrected chi connectivity index (χ1v) is 9.94. The molecule has 0 aliphatic carbocycles. The highest BCUT2D eigenvalue weighted by atomic mass is 35.5. The van der Waals surface area contributed by atoms with E-state index in [4.69, 9.17) is 21.3 Å². The Kier molecular flexibility index (Phi) is 4.40. The molecule has 2 atom stereocenters. The normalized spacial score (nSPS) is 19.4. The van der Waals surface area contributed by atoms with Crippen molar-refractivity contribution >= 4 is 28.5 Å². The molecule has 3 heterocycles. The average molecular weight is 428 g/mol. The smallest absolute Gasteiger partial charge is 0.387 e. The summed E-state index contributed by atoms with van der Waals surface area (Å²) in [4.78, 5) is 19.5. The SMILES string of the molecule is CN1C(=O)c2cccc(OC(F)F)c2[C@H]2CC1c1nc3ccc(C#CCCl)cc3n12. The van der Waals surface area contributed by atoms with Crippen molar-refractivity contribution in [2.45, 2.75) is 25.1 Å². The largest absolute Gasteiger partial charge is 0.434 e. The number of nitrogens with zero attached hydrogens (tertiary/aromatic N) is 3. The van der Waals surface area contributed by atoms with Gasteiger partial charge in [0.15, 0.2) is 0 Å². The fourth-order valence-electron chi connectivity index (χ4n) is 4.49. The van der Waals surface area contributed by atoms with Gasteiger partial charge in [-0.25, -0.2) is 4.98 Å². The third-order valence-corrected chi connectivity index (χ3v) is 5.84. The summed E-state index contributed by atoms with van der Waals surface area (Å²) in [6.45, 7) is -2.98. The Balaban J connectivity index is 1.77. The van der Waals surface area contributed by atoms with Gasteiger partial charge in [-0.15, -0.1) is 11.6 Å². The molecule has 2 aromatic carbocycles. The maximum Gasteiger partial charge on any atom is 0.387 e. The number of halogens is 3. The van der Waals surface area contributed by atoms with E-state index >= 15 is 0 Å². The molecule has 1 unspecified atom stereocenters. The molecule has 0 saturated heterocycles. The first-order chi connectivity index (χ1) is 14.5. The minimum atomic E-state index is -2.98. The first kappa shape index (κ1) is 18.9. The molecule has 1 amide bonds. The lowest BCUT2D eigenvalue weighted by Crippen LogP contribution is -2.30. The fraction of sp³-hybridized carbons (Fsp3) is 0.273. The summed E-state index contributed by atoms with van der Waals surface area (Å²) >= 11 is 5.67. The summed E-state index contributed by atoms with van der Waals surface area (Å²) < 4.78 is 33.0. The molecule has 30 heavy (non-hydrogen) atoms. The Bertz CT molecular complexity index is 1240. The van der Waals surface area contributed by atoms with Crippen LogP contribution in [0.2, 0.25) is 0 Å². The van der Waals surface area contributed by atoms with Crippen molar-refractivity contribution in [1.82, 2.24) is 14.5 Å². The molecule has 2 aliphatic heterocycles. The topological polar surface area (TPSA) is 47.4 Å². The second kappa shape index (κ2) is 6.99. The lowest BCUT2D eigenvalue weighted by molar-refractivity contribution is -0.0507. The molecular weight excluding hydrogens is 412 g/mol. The molecule has 3 aromatic rings. The van der Waals surface area contributed by atoms with Crippen molar-refractivity contribution in [3.63, 3.8) is 0 Å². The van der Waals surface area contributed by atoms with Crippen LogP contribution in [0.1, 0.15) is 45.8 Å². The van der Waals surface area contributed by atoms with Crippen LogP contribution in [0.3, 0.4) is 0 Å². The highest BCUT2D eigenvalue weighted by Crippen LogP contribution is 2.49. The summed E-state index contributed by atoms with van der Waals surface area (Å²) in [7, 11) is 1.71. The van der Waals surface area contributed by atoms with Crippen LogP contribution in [0.25, 0.3) is 11.0 Å². The van der Waals surface area contributed by atoms with Gasteiger partial charge in [-0.1, -0.05) is 17.9 Å². The van der Waals surface area contributed by atoms with Gasteiger partial charge in [0.05, 0.1) is 29.0 Å². The minimum absolute atomic E-state index is 0.0164. The predicted molar refractivity (Wildman–Crippen MR) is 108 cm³/mol. The van der Waals surface area contributed by atoms with Crippen molar-refractivity contribution in [1.29, 1.82) is 0 Å². The fourth-order valence-corrected chi connectivity index (χ4v) is 4.56. The molecule has 0 fully saturated rings. The van der Waals surface area contributed by atoms with Gasteiger partial charge in [0.1, 0.15) is 11.6 Å².